The van der Waals surface area contributed by atoms with E-state index in [0.29, 0.717) is 38.3 Å². The Balaban J connectivity index is 0.00000420. The van der Waals surface area contributed by atoms with Gasteiger partial charge in [-0.15, -0.1) is 24.0 Å². The van der Waals surface area contributed by atoms with Crippen LogP contribution >= 0.6 is 24.0 Å². The van der Waals surface area contributed by atoms with E-state index in [1.165, 1.54) is 38.5 Å². The highest BCUT2D eigenvalue weighted by Crippen LogP contribution is 2.19. The van der Waals surface area contributed by atoms with Crippen LogP contribution in [0.2, 0.25) is 0 Å². The Morgan fingerprint density at radius 2 is 1.93 bits per heavy atom. The van der Waals surface area contributed by atoms with E-state index >= 15 is 0 Å². The first-order chi connectivity index (χ1) is 13.8. The molecule has 0 aromatic carbocycles. The number of ether oxygens (including phenoxy) is 3. The van der Waals surface area contributed by atoms with E-state index in [4.69, 9.17) is 14.2 Å². The molecule has 1 aromatic rings. The highest BCUT2D eigenvalue weighted by atomic mass is 127. The summed E-state index contributed by atoms with van der Waals surface area (Å²) in [7, 11) is 1.65. The molecule has 0 unspecified atom stereocenters. The summed E-state index contributed by atoms with van der Waals surface area (Å²) >= 11 is 0. The number of hydrogen-bond acceptors (Lipinski definition) is 5. The number of nitrogens with one attached hydrogen (secondary N) is 2. The Labute approximate surface area is 192 Å². The first kappa shape index (κ1) is 25.9. The zero-order chi connectivity index (χ0) is 19.9. The summed E-state index contributed by atoms with van der Waals surface area (Å²) in [5.41, 5.74) is 0.950. The van der Waals surface area contributed by atoms with Gasteiger partial charge in [0.2, 0.25) is 5.88 Å². The number of aliphatic imine (C=N–C) groups is 1. The number of halogens is 1. The minimum absolute atomic E-state index is 0. The van der Waals surface area contributed by atoms with Gasteiger partial charge in [-0.05, 0) is 25.8 Å². The largest absolute Gasteiger partial charge is 0.475 e. The third-order valence-electron chi connectivity index (χ3n) is 4.68. The maximum atomic E-state index is 6.04. The summed E-state index contributed by atoms with van der Waals surface area (Å²) in [6.45, 7) is 5.81. The van der Waals surface area contributed by atoms with Crippen LogP contribution in [-0.4, -0.2) is 57.1 Å². The second-order valence-electron chi connectivity index (χ2n) is 6.92. The van der Waals surface area contributed by atoms with E-state index < -0.39 is 0 Å². The molecule has 1 aromatic heterocycles. The summed E-state index contributed by atoms with van der Waals surface area (Å²) < 4.78 is 16.7. The smallest absolute Gasteiger partial charge is 0.218 e. The van der Waals surface area contributed by atoms with E-state index in [0.717, 1.165) is 24.6 Å². The fraction of sp³-hybridized carbons (Fsp3) is 0.714. The van der Waals surface area contributed by atoms with Crippen LogP contribution in [-0.2, 0) is 16.0 Å². The zero-order valence-corrected chi connectivity index (χ0v) is 20.2. The van der Waals surface area contributed by atoms with Crippen LogP contribution in [0.25, 0.3) is 0 Å². The van der Waals surface area contributed by atoms with E-state index in [-0.39, 0.29) is 24.0 Å². The normalized spacial score (nSPS) is 15.3. The highest BCUT2D eigenvalue weighted by molar-refractivity contribution is 14.0. The zero-order valence-electron chi connectivity index (χ0n) is 17.8. The molecule has 0 radical (unpaired) electrons. The molecule has 29 heavy (non-hydrogen) atoms. The topological polar surface area (TPSA) is 77.0 Å². The van der Waals surface area contributed by atoms with Crippen LogP contribution in [0, 0.1) is 0 Å². The molecule has 7 nitrogen and oxygen atoms in total. The molecule has 0 saturated heterocycles. The van der Waals surface area contributed by atoms with Crippen LogP contribution in [0.3, 0.4) is 0 Å². The highest BCUT2D eigenvalue weighted by Gasteiger charge is 2.12. The second-order valence-corrected chi connectivity index (χ2v) is 6.92. The molecule has 0 amide bonds. The van der Waals surface area contributed by atoms with Gasteiger partial charge in [-0.1, -0.05) is 31.7 Å². The molecule has 0 atom stereocenters. The Hall–Kier alpha value is -1.13. The predicted octanol–water partition coefficient (Wildman–Crippen LogP) is 3.52. The number of rotatable bonds is 11. The fourth-order valence-electron chi connectivity index (χ4n) is 3.21. The SMILES string of the molecule is CCNC(=NCc1cccnc1OCCOC)NCCOC1CCCCCC1.I. The Kier molecular flexibility index (Phi) is 14.9. The van der Waals surface area contributed by atoms with Gasteiger partial charge in [0.1, 0.15) is 6.61 Å². The predicted molar refractivity (Wildman–Crippen MR) is 127 cm³/mol. The molecule has 2 N–H and O–H groups in total. The lowest BCUT2D eigenvalue weighted by atomic mass is 10.1. The summed E-state index contributed by atoms with van der Waals surface area (Å²) in [5, 5.41) is 6.63. The monoisotopic (exact) mass is 520 g/mol. The maximum absolute atomic E-state index is 6.04. The number of guanidine groups is 1. The van der Waals surface area contributed by atoms with Crippen molar-refractivity contribution in [2.45, 2.75) is 58.1 Å². The van der Waals surface area contributed by atoms with Gasteiger partial charge in [0.15, 0.2) is 5.96 Å². The van der Waals surface area contributed by atoms with Crippen LogP contribution in [0.5, 0.6) is 5.88 Å². The van der Waals surface area contributed by atoms with Crippen LogP contribution in [0.4, 0.5) is 0 Å². The molecule has 166 valence electrons. The van der Waals surface area contributed by atoms with E-state index in [1.807, 2.05) is 12.1 Å². The number of nitrogens with zero attached hydrogens (tertiary/aromatic N) is 2. The van der Waals surface area contributed by atoms with Crippen LogP contribution in [0.15, 0.2) is 23.3 Å². The van der Waals surface area contributed by atoms with Gasteiger partial charge in [0.05, 0.1) is 25.9 Å². The summed E-state index contributed by atoms with van der Waals surface area (Å²) in [5.74, 6) is 1.38. The quantitative estimate of drug-likeness (QED) is 0.153. The first-order valence-corrected chi connectivity index (χ1v) is 10.5. The molecular weight excluding hydrogens is 483 g/mol. The molecule has 1 heterocycles. The van der Waals surface area contributed by atoms with Gasteiger partial charge >= 0.3 is 0 Å². The molecule has 2 rings (SSSR count). The molecule has 0 bridgehead atoms. The van der Waals surface area contributed by atoms with Crippen molar-refractivity contribution in [2.24, 2.45) is 4.99 Å². The molecule has 0 aliphatic heterocycles. The van der Waals surface area contributed by atoms with Gasteiger partial charge in [-0.3, -0.25) is 0 Å². The lowest BCUT2D eigenvalue weighted by Gasteiger charge is -2.17. The standard InChI is InChI=1S/C21H36N4O3.HI/c1-3-22-21(24-13-14-27-19-10-6-4-5-7-11-19)25-17-18-9-8-12-23-20(18)28-16-15-26-2;/h8-9,12,19H,3-7,10-11,13-17H2,1-2H3,(H2,22,24,25);1H. The molecule has 0 spiro atoms. The Bertz CT molecular complexity index is 567. The molecule has 8 heteroatoms. The van der Waals surface area contributed by atoms with Gasteiger partial charge in [0, 0.05) is 32.0 Å². The first-order valence-electron chi connectivity index (χ1n) is 10.5. The third kappa shape index (κ3) is 11.0. The van der Waals surface area contributed by atoms with Crippen molar-refractivity contribution in [1.29, 1.82) is 0 Å². The molecule has 1 saturated carbocycles. The van der Waals surface area contributed by atoms with Gasteiger partial charge in [0.25, 0.3) is 0 Å². The van der Waals surface area contributed by atoms with E-state index in [2.05, 4.69) is 27.5 Å². The maximum Gasteiger partial charge on any atom is 0.218 e. The average Bonchev–Trinajstić information content (AvgIpc) is 2.99. The van der Waals surface area contributed by atoms with E-state index in [1.54, 1.807) is 13.3 Å². The minimum atomic E-state index is 0. The number of methoxy groups -OCH3 is 1. The second kappa shape index (κ2) is 16.6. The van der Waals surface area contributed by atoms with Crippen molar-refractivity contribution in [1.82, 2.24) is 15.6 Å². The third-order valence-corrected chi connectivity index (χ3v) is 4.68. The van der Waals surface area contributed by atoms with E-state index in [9.17, 15) is 0 Å². The van der Waals surface area contributed by atoms with Crippen molar-refractivity contribution < 1.29 is 14.2 Å². The van der Waals surface area contributed by atoms with Crippen molar-refractivity contribution in [2.75, 3.05) is 40.0 Å². The van der Waals surface area contributed by atoms with Crippen molar-refractivity contribution in [3.05, 3.63) is 23.9 Å². The Morgan fingerprint density at radius 1 is 1.14 bits per heavy atom. The van der Waals surface area contributed by atoms with Crippen molar-refractivity contribution in [3.63, 3.8) is 0 Å². The molecule has 1 fully saturated rings. The minimum Gasteiger partial charge on any atom is -0.475 e. The average molecular weight is 520 g/mol. The summed E-state index contributed by atoms with van der Waals surface area (Å²) in [6.07, 6.45) is 9.82. The Morgan fingerprint density at radius 3 is 2.66 bits per heavy atom. The fourth-order valence-corrected chi connectivity index (χ4v) is 3.21. The van der Waals surface area contributed by atoms with Crippen molar-refractivity contribution in [3.8, 4) is 5.88 Å². The summed E-state index contributed by atoms with van der Waals surface area (Å²) in [6, 6.07) is 3.88. The van der Waals surface area contributed by atoms with Crippen LogP contribution in [0.1, 0.15) is 51.0 Å². The van der Waals surface area contributed by atoms with Gasteiger partial charge in [-0.25, -0.2) is 9.98 Å². The van der Waals surface area contributed by atoms with Gasteiger partial charge in [-0.2, -0.15) is 0 Å². The summed E-state index contributed by atoms with van der Waals surface area (Å²) in [4.78, 5) is 8.96. The van der Waals surface area contributed by atoms with Gasteiger partial charge < -0.3 is 24.8 Å². The lowest BCUT2D eigenvalue weighted by Crippen LogP contribution is -2.39. The lowest BCUT2D eigenvalue weighted by molar-refractivity contribution is 0.0468. The molecule has 1 aliphatic carbocycles. The number of pyridine rings is 1. The van der Waals surface area contributed by atoms with Crippen LogP contribution < -0.4 is 15.4 Å². The van der Waals surface area contributed by atoms with Crippen molar-refractivity contribution >= 4 is 29.9 Å². The number of aromatic nitrogens is 1. The molecule has 1 aliphatic rings. The number of hydrogen-bond donors (Lipinski definition) is 2. The molecular formula is C21H37IN4O3.